The molecule has 3 rings (SSSR count). The molecule has 3 nitrogen and oxygen atoms in total. The Morgan fingerprint density at radius 3 is 3.00 bits per heavy atom. The molecule has 0 unspecified atom stereocenters. The highest BCUT2D eigenvalue weighted by Gasteiger charge is 2.28. The predicted octanol–water partition coefficient (Wildman–Crippen LogP) is 3.64. The second-order valence-corrected chi connectivity index (χ2v) is 6.52. The Hall–Kier alpha value is -1.62. The maximum absolute atomic E-state index is 13.1. The van der Waals surface area contributed by atoms with Crippen molar-refractivity contribution in [2.45, 2.75) is 32.4 Å². The third kappa shape index (κ3) is 3.10. The van der Waals surface area contributed by atoms with Gasteiger partial charge in [-0.15, -0.1) is 11.3 Å². The van der Waals surface area contributed by atoms with E-state index < -0.39 is 0 Å². The number of hydrogen-bond donors (Lipinski definition) is 2. The maximum atomic E-state index is 13.1. The number of amides is 2. The normalized spacial score (nSPS) is 16.1. The summed E-state index contributed by atoms with van der Waals surface area (Å²) >= 11 is 1.58. The molecule has 20 heavy (non-hydrogen) atoms. The topological polar surface area (TPSA) is 41.1 Å². The summed E-state index contributed by atoms with van der Waals surface area (Å²) in [6.07, 6.45) is 2.42. The molecule has 0 aliphatic heterocycles. The summed E-state index contributed by atoms with van der Waals surface area (Å²) in [7, 11) is 0. The van der Waals surface area contributed by atoms with Crippen LogP contribution in [0.3, 0.4) is 0 Å². The molecule has 1 saturated carbocycles. The number of hydrogen-bond acceptors (Lipinski definition) is 2. The molecule has 2 aromatic rings. The standard InChI is InChI=1S/C15H17FN2OS/c1-9(10-2-3-10)18-15(19)17-8-13-7-11-6-12(16)4-5-14(11)20-13/h4-7,9-10H,2-3,8H2,1H3,(H2,17,18,19)/t9-/m0/s1. The molecular formula is C15H17FN2OS. The van der Waals surface area contributed by atoms with Crippen molar-refractivity contribution in [2.24, 2.45) is 5.92 Å². The molecule has 0 bridgehead atoms. The largest absolute Gasteiger partial charge is 0.335 e. The van der Waals surface area contributed by atoms with Crippen LogP contribution in [-0.4, -0.2) is 12.1 Å². The van der Waals surface area contributed by atoms with Gasteiger partial charge in [-0.3, -0.25) is 0 Å². The van der Waals surface area contributed by atoms with Gasteiger partial charge in [0, 0.05) is 15.6 Å². The zero-order valence-corrected chi connectivity index (χ0v) is 12.1. The first-order chi connectivity index (χ1) is 9.61. The monoisotopic (exact) mass is 292 g/mol. The van der Waals surface area contributed by atoms with Crippen LogP contribution in [0.2, 0.25) is 0 Å². The summed E-state index contributed by atoms with van der Waals surface area (Å²) in [5.41, 5.74) is 0. The van der Waals surface area contributed by atoms with E-state index in [1.54, 1.807) is 17.4 Å². The first-order valence-corrected chi connectivity index (χ1v) is 7.66. The fraction of sp³-hybridized carbons (Fsp3) is 0.400. The Bertz CT molecular complexity index is 636. The van der Waals surface area contributed by atoms with Gasteiger partial charge in [0.25, 0.3) is 0 Å². The molecular weight excluding hydrogens is 275 g/mol. The summed E-state index contributed by atoms with van der Waals surface area (Å²) < 4.78 is 14.1. The number of carbonyl (C=O) groups is 1. The molecule has 2 amide bonds. The maximum Gasteiger partial charge on any atom is 0.315 e. The van der Waals surface area contributed by atoms with Crippen molar-refractivity contribution in [1.29, 1.82) is 0 Å². The lowest BCUT2D eigenvalue weighted by Gasteiger charge is -2.13. The lowest BCUT2D eigenvalue weighted by Crippen LogP contribution is -2.41. The average Bonchev–Trinajstić information content (AvgIpc) is 3.17. The molecule has 0 spiro atoms. The Morgan fingerprint density at radius 1 is 1.45 bits per heavy atom. The van der Waals surface area contributed by atoms with Crippen LogP contribution < -0.4 is 10.6 Å². The highest BCUT2D eigenvalue weighted by atomic mass is 32.1. The van der Waals surface area contributed by atoms with Gasteiger partial charge >= 0.3 is 6.03 Å². The van der Waals surface area contributed by atoms with Gasteiger partial charge in [-0.05, 0) is 55.3 Å². The van der Waals surface area contributed by atoms with Crippen LogP contribution in [0.5, 0.6) is 0 Å². The van der Waals surface area contributed by atoms with E-state index in [9.17, 15) is 9.18 Å². The van der Waals surface area contributed by atoms with Gasteiger partial charge in [-0.25, -0.2) is 9.18 Å². The van der Waals surface area contributed by atoms with Gasteiger partial charge in [0.1, 0.15) is 5.82 Å². The zero-order valence-electron chi connectivity index (χ0n) is 11.3. The molecule has 0 radical (unpaired) electrons. The first-order valence-electron chi connectivity index (χ1n) is 6.84. The van der Waals surface area contributed by atoms with Crippen LogP contribution in [0, 0.1) is 11.7 Å². The molecule has 1 aliphatic carbocycles. The Balaban J connectivity index is 1.57. The van der Waals surface area contributed by atoms with Gasteiger partial charge in [-0.1, -0.05) is 0 Å². The SMILES string of the molecule is C[C@H](NC(=O)NCc1cc2cc(F)ccc2s1)C1CC1. The number of urea groups is 1. The van der Waals surface area contributed by atoms with Crippen LogP contribution in [0.4, 0.5) is 9.18 Å². The fourth-order valence-corrected chi connectivity index (χ4v) is 3.28. The van der Waals surface area contributed by atoms with E-state index in [1.807, 2.05) is 13.0 Å². The quantitative estimate of drug-likeness (QED) is 0.887. The second kappa shape index (κ2) is 5.40. The number of benzene rings is 1. The Labute approximate surface area is 121 Å². The van der Waals surface area contributed by atoms with Crippen LogP contribution in [0.1, 0.15) is 24.6 Å². The summed E-state index contributed by atoms with van der Waals surface area (Å²) in [6.45, 7) is 2.52. The van der Waals surface area contributed by atoms with Crippen molar-refractivity contribution in [3.05, 3.63) is 35.0 Å². The first kappa shape index (κ1) is 13.4. The van der Waals surface area contributed by atoms with Crippen LogP contribution in [0.15, 0.2) is 24.3 Å². The van der Waals surface area contributed by atoms with Crippen molar-refractivity contribution in [2.75, 3.05) is 0 Å². The average molecular weight is 292 g/mol. The number of thiophene rings is 1. The summed E-state index contributed by atoms with van der Waals surface area (Å²) in [6, 6.07) is 6.78. The van der Waals surface area contributed by atoms with Crippen LogP contribution in [-0.2, 0) is 6.54 Å². The molecule has 5 heteroatoms. The molecule has 2 N–H and O–H groups in total. The van der Waals surface area contributed by atoms with Gasteiger partial charge in [-0.2, -0.15) is 0 Å². The van der Waals surface area contributed by atoms with Crippen molar-refractivity contribution in [3.8, 4) is 0 Å². The molecule has 1 aliphatic rings. The van der Waals surface area contributed by atoms with E-state index in [4.69, 9.17) is 0 Å². The third-order valence-electron chi connectivity index (χ3n) is 3.64. The molecule has 1 aromatic carbocycles. The number of carbonyl (C=O) groups excluding carboxylic acids is 1. The number of nitrogens with one attached hydrogen (secondary N) is 2. The number of rotatable bonds is 4. The number of halogens is 1. The van der Waals surface area contributed by atoms with E-state index in [2.05, 4.69) is 10.6 Å². The van der Waals surface area contributed by atoms with E-state index in [-0.39, 0.29) is 17.9 Å². The smallest absolute Gasteiger partial charge is 0.315 e. The Morgan fingerprint density at radius 2 is 2.25 bits per heavy atom. The highest BCUT2D eigenvalue weighted by molar-refractivity contribution is 7.19. The Kier molecular flexibility index (Phi) is 3.61. The van der Waals surface area contributed by atoms with Gasteiger partial charge in [0.15, 0.2) is 0 Å². The molecule has 1 heterocycles. The fourth-order valence-electron chi connectivity index (χ4n) is 2.30. The summed E-state index contributed by atoms with van der Waals surface area (Å²) in [5, 5.41) is 6.69. The molecule has 106 valence electrons. The van der Waals surface area contributed by atoms with Gasteiger partial charge in [0.05, 0.1) is 6.54 Å². The van der Waals surface area contributed by atoms with Crippen molar-refractivity contribution < 1.29 is 9.18 Å². The highest BCUT2D eigenvalue weighted by Crippen LogP contribution is 2.32. The minimum absolute atomic E-state index is 0.131. The molecule has 1 atom stereocenters. The van der Waals surface area contributed by atoms with Crippen molar-refractivity contribution >= 4 is 27.5 Å². The lowest BCUT2D eigenvalue weighted by atomic mass is 10.2. The third-order valence-corrected chi connectivity index (χ3v) is 4.76. The van der Waals surface area contributed by atoms with E-state index in [0.29, 0.717) is 12.5 Å². The lowest BCUT2D eigenvalue weighted by molar-refractivity contribution is 0.236. The predicted molar refractivity (Wildman–Crippen MR) is 79.3 cm³/mol. The molecule has 1 aromatic heterocycles. The van der Waals surface area contributed by atoms with Crippen LogP contribution in [0.25, 0.3) is 10.1 Å². The number of fused-ring (bicyclic) bond motifs is 1. The van der Waals surface area contributed by atoms with E-state index in [1.165, 1.54) is 25.0 Å². The molecule has 1 fully saturated rings. The van der Waals surface area contributed by atoms with E-state index in [0.717, 1.165) is 15.0 Å². The van der Waals surface area contributed by atoms with Gasteiger partial charge in [0.2, 0.25) is 0 Å². The minimum Gasteiger partial charge on any atom is -0.335 e. The van der Waals surface area contributed by atoms with Crippen LogP contribution >= 0.6 is 11.3 Å². The molecule has 0 saturated heterocycles. The zero-order chi connectivity index (χ0) is 14.1. The van der Waals surface area contributed by atoms with Gasteiger partial charge < -0.3 is 10.6 Å². The second-order valence-electron chi connectivity index (χ2n) is 5.35. The summed E-state index contributed by atoms with van der Waals surface area (Å²) in [4.78, 5) is 12.8. The van der Waals surface area contributed by atoms with E-state index >= 15 is 0 Å². The minimum atomic E-state index is -0.231. The van der Waals surface area contributed by atoms with Crippen molar-refractivity contribution in [3.63, 3.8) is 0 Å². The van der Waals surface area contributed by atoms with Crippen molar-refractivity contribution in [1.82, 2.24) is 10.6 Å². The summed E-state index contributed by atoms with van der Waals surface area (Å²) in [5.74, 6) is 0.416.